The van der Waals surface area contributed by atoms with Gasteiger partial charge in [0.2, 0.25) is 10.0 Å². The van der Waals surface area contributed by atoms with Gasteiger partial charge in [0.1, 0.15) is 5.75 Å². The summed E-state index contributed by atoms with van der Waals surface area (Å²) in [5.74, 6) is -0.213. The Balaban J connectivity index is 2.52. The molecule has 0 aliphatic rings. The minimum absolute atomic E-state index is 0.0817. The van der Waals surface area contributed by atoms with Crippen LogP contribution in [0.4, 0.5) is 5.69 Å². The number of benzene rings is 2. The van der Waals surface area contributed by atoms with Crippen LogP contribution in [0.2, 0.25) is 0 Å². The maximum Gasteiger partial charge on any atom is 0.255 e. The third-order valence-corrected chi connectivity index (χ3v) is 5.32. The molecule has 0 unspecified atom stereocenters. The van der Waals surface area contributed by atoms with E-state index in [1.54, 1.807) is 18.2 Å². The van der Waals surface area contributed by atoms with E-state index in [4.69, 9.17) is 5.14 Å². The molecule has 0 spiro atoms. The van der Waals surface area contributed by atoms with Crippen LogP contribution in [0.5, 0.6) is 5.75 Å². The van der Waals surface area contributed by atoms with E-state index >= 15 is 0 Å². The van der Waals surface area contributed by atoms with Crippen molar-refractivity contribution >= 4 is 21.6 Å². The van der Waals surface area contributed by atoms with Crippen molar-refractivity contribution in [1.29, 1.82) is 0 Å². The average molecular weight is 405 g/mol. The molecule has 0 saturated carbocycles. The molecule has 28 heavy (non-hydrogen) atoms. The number of carbonyl (C=O) groups excluding carboxylic acids is 1. The topological polar surface area (TPSA) is 109 Å². The van der Waals surface area contributed by atoms with Gasteiger partial charge in [0.15, 0.2) is 0 Å². The van der Waals surface area contributed by atoms with E-state index in [0.29, 0.717) is 22.4 Å². The van der Waals surface area contributed by atoms with Crippen LogP contribution in [0.3, 0.4) is 0 Å². The Labute approximate surface area is 166 Å². The number of nitrogens with one attached hydrogen (secondary N) is 1. The SMILES string of the molecule is CC(C)(C)c1cc(C(=O)Nc2cccc(S(N)(=O)=O)c2)cc(C(C)(C)C)c1O. The number of sulfonamides is 1. The molecule has 1 amide bonds. The number of hydrogen-bond donors (Lipinski definition) is 3. The highest BCUT2D eigenvalue weighted by atomic mass is 32.2. The molecule has 2 rings (SSSR count). The van der Waals surface area contributed by atoms with Gasteiger partial charge in [0.25, 0.3) is 5.91 Å². The number of anilines is 1. The van der Waals surface area contributed by atoms with Crippen LogP contribution in [0.15, 0.2) is 41.3 Å². The van der Waals surface area contributed by atoms with Gasteiger partial charge in [0, 0.05) is 22.4 Å². The van der Waals surface area contributed by atoms with Crippen molar-refractivity contribution in [3.05, 3.63) is 53.1 Å². The predicted molar refractivity (Wildman–Crippen MR) is 111 cm³/mol. The molecule has 4 N–H and O–H groups in total. The highest BCUT2D eigenvalue weighted by Crippen LogP contribution is 2.39. The normalized spacial score (nSPS) is 12.7. The molecular formula is C21H28N2O4S. The van der Waals surface area contributed by atoms with Gasteiger partial charge >= 0.3 is 0 Å². The number of amides is 1. The first-order chi connectivity index (χ1) is 12.6. The second-order valence-electron chi connectivity index (χ2n) is 8.95. The monoisotopic (exact) mass is 404 g/mol. The van der Waals surface area contributed by atoms with E-state index in [9.17, 15) is 18.3 Å². The van der Waals surface area contributed by atoms with E-state index in [-0.39, 0.29) is 21.5 Å². The van der Waals surface area contributed by atoms with Gasteiger partial charge in [-0.25, -0.2) is 13.6 Å². The Hall–Kier alpha value is -2.38. The molecule has 7 heteroatoms. The van der Waals surface area contributed by atoms with Crippen LogP contribution >= 0.6 is 0 Å². The lowest BCUT2D eigenvalue weighted by atomic mass is 9.78. The summed E-state index contributed by atoms with van der Waals surface area (Å²) in [6, 6.07) is 9.10. The Morgan fingerprint density at radius 1 is 0.964 bits per heavy atom. The van der Waals surface area contributed by atoms with Crippen molar-refractivity contribution in [2.45, 2.75) is 57.3 Å². The smallest absolute Gasteiger partial charge is 0.255 e. The van der Waals surface area contributed by atoms with Gasteiger partial charge in [-0.3, -0.25) is 4.79 Å². The van der Waals surface area contributed by atoms with Gasteiger partial charge in [-0.1, -0.05) is 47.6 Å². The number of phenolic OH excluding ortho intramolecular Hbond substituents is 1. The highest BCUT2D eigenvalue weighted by molar-refractivity contribution is 7.89. The van der Waals surface area contributed by atoms with Gasteiger partial charge < -0.3 is 10.4 Å². The number of aromatic hydroxyl groups is 1. The van der Waals surface area contributed by atoms with Gasteiger partial charge in [0.05, 0.1) is 4.90 Å². The van der Waals surface area contributed by atoms with E-state index in [1.165, 1.54) is 18.2 Å². The predicted octanol–water partition coefficient (Wildman–Crippen LogP) is 3.89. The van der Waals surface area contributed by atoms with Crippen LogP contribution < -0.4 is 10.5 Å². The third-order valence-electron chi connectivity index (χ3n) is 4.41. The van der Waals surface area contributed by atoms with Crippen LogP contribution in [0, 0.1) is 0 Å². The molecule has 0 aromatic heterocycles. The van der Waals surface area contributed by atoms with Gasteiger partial charge in [-0.2, -0.15) is 0 Å². The lowest BCUT2D eigenvalue weighted by molar-refractivity contribution is 0.102. The molecule has 0 atom stereocenters. The minimum atomic E-state index is -3.87. The Kier molecular flexibility index (Phi) is 5.65. The summed E-state index contributed by atoms with van der Waals surface area (Å²) in [6.45, 7) is 11.8. The van der Waals surface area contributed by atoms with E-state index in [0.717, 1.165) is 0 Å². The van der Waals surface area contributed by atoms with Crippen LogP contribution in [0.1, 0.15) is 63.0 Å². The third kappa shape index (κ3) is 4.91. The second kappa shape index (κ2) is 7.22. The number of carbonyl (C=O) groups is 1. The standard InChI is InChI=1S/C21H28N2O4S/c1-20(2,3)16-10-13(11-17(18(16)24)21(4,5)6)19(25)23-14-8-7-9-15(12-14)28(22,26)27/h7-12,24H,1-6H3,(H,23,25)(H2,22,26,27). The molecule has 6 nitrogen and oxygen atoms in total. The van der Waals surface area contributed by atoms with Crippen molar-refractivity contribution < 1.29 is 18.3 Å². The molecule has 0 aliphatic carbocycles. The number of primary sulfonamides is 1. The number of hydrogen-bond acceptors (Lipinski definition) is 4. The van der Waals surface area contributed by atoms with Crippen molar-refractivity contribution in [2.75, 3.05) is 5.32 Å². The summed E-state index contributed by atoms with van der Waals surface area (Å²) in [5, 5.41) is 18.6. The lowest BCUT2D eigenvalue weighted by Crippen LogP contribution is -2.21. The molecule has 0 heterocycles. The molecule has 2 aromatic rings. The first-order valence-corrected chi connectivity index (χ1v) is 10.5. The van der Waals surface area contributed by atoms with Crippen molar-refractivity contribution in [3.63, 3.8) is 0 Å². The summed E-state index contributed by atoms with van der Waals surface area (Å²) in [7, 11) is -3.87. The molecule has 152 valence electrons. The van der Waals surface area contributed by atoms with E-state index < -0.39 is 15.9 Å². The van der Waals surface area contributed by atoms with Crippen molar-refractivity contribution in [3.8, 4) is 5.75 Å². The molecule has 2 aromatic carbocycles. The first-order valence-electron chi connectivity index (χ1n) is 8.93. The van der Waals surface area contributed by atoms with E-state index in [1.807, 2.05) is 41.5 Å². The zero-order chi connectivity index (χ0) is 21.5. The van der Waals surface area contributed by atoms with Crippen LogP contribution in [0.25, 0.3) is 0 Å². The maximum absolute atomic E-state index is 12.9. The molecule has 0 aliphatic heterocycles. The summed E-state index contributed by atoms with van der Waals surface area (Å²) < 4.78 is 23.1. The fraction of sp³-hybridized carbons (Fsp3) is 0.381. The summed E-state index contributed by atoms with van der Waals surface area (Å²) in [5.41, 5.74) is 1.31. The van der Waals surface area contributed by atoms with Crippen molar-refractivity contribution in [1.82, 2.24) is 0 Å². The summed E-state index contributed by atoms with van der Waals surface area (Å²) >= 11 is 0. The van der Waals surface area contributed by atoms with Gasteiger partial charge in [-0.15, -0.1) is 0 Å². The molecule has 0 saturated heterocycles. The number of rotatable bonds is 3. The summed E-state index contributed by atoms with van der Waals surface area (Å²) in [6.07, 6.45) is 0. The molecular weight excluding hydrogens is 376 g/mol. The molecule has 0 bridgehead atoms. The number of nitrogens with two attached hydrogens (primary N) is 1. The van der Waals surface area contributed by atoms with Crippen LogP contribution in [-0.2, 0) is 20.9 Å². The zero-order valence-corrected chi connectivity index (χ0v) is 17.9. The Morgan fingerprint density at radius 2 is 1.46 bits per heavy atom. The second-order valence-corrected chi connectivity index (χ2v) is 10.5. The largest absolute Gasteiger partial charge is 0.507 e. The highest BCUT2D eigenvalue weighted by Gasteiger charge is 2.27. The Bertz CT molecular complexity index is 978. The average Bonchev–Trinajstić information content (AvgIpc) is 2.52. The van der Waals surface area contributed by atoms with Crippen molar-refractivity contribution in [2.24, 2.45) is 5.14 Å². The minimum Gasteiger partial charge on any atom is -0.507 e. The first kappa shape index (κ1) is 21.9. The lowest BCUT2D eigenvalue weighted by Gasteiger charge is -2.28. The van der Waals surface area contributed by atoms with Gasteiger partial charge in [-0.05, 0) is 41.2 Å². The van der Waals surface area contributed by atoms with E-state index in [2.05, 4.69) is 5.32 Å². The molecule has 0 radical (unpaired) electrons. The maximum atomic E-state index is 12.9. The number of phenols is 1. The quantitative estimate of drug-likeness (QED) is 0.721. The fourth-order valence-corrected chi connectivity index (χ4v) is 3.42. The Morgan fingerprint density at radius 3 is 1.89 bits per heavy atom. The zero-order valence-electron chi connectivity index (χ0n) is 17.1. The summed E-state index contributed by atoms with van der Waals surface area (Å²) in [4.78, 5) is 12.8. The molecule has 0 fully saturated rings. The fourth-order valence-electron chi connectivity index (χ4n) is 2.86. The van der Waals surface area contributed by atoms with Crippen LogP contribution in [-0.4, -0.2) is 19.4 Å².